The average Bonchev–Trinajstić information content (AvgIpc) is 2.86. The lowest BCUT2D eigenvalue weighted by Crippen LogP contribution is -2.42. The minimum atomic E-state index is 0. The molecule has 0 saturated carbocycles. The summed E-state index contributed by atoms with van der Waals surface area (Å²) < 4.78 is 0. The first-order valence-corrected chi connectivity index (χ1v) is 7.88. The number of amides is 1. The van der Waals surface area contributed by atoms with Crippen LogP contribution in [-0.4, -0.2) is 30.5 Å². The third-order valence-corrected chi connectivity index (χ3v) is 4.78. The second kappa shape index (κ2) is 9.62. The average molecular weight is 354 g/mol. The van der Waals surface area contributed by atoms with E-state index in [1.54, 1.807) is 6.20 Å². The number of piperidine rings is 1. The fourth-order valence-corrected chi connectivity index (χ4v) is 3.27. The summed E-state index contributed by atoms with van der Waals surface area (Å²) in [5, 5.41) is 7.48. The Morgan fingerprint density at radius 2 is 2.10 bits per heavy atom. The largest absolute Gasteiger partial charge is 0.351 e. The molecule has 0 bridgehead atoms. The minimum absolute atomic E-state index is 0. The summed E-state index contributed by atoms with van der Waals surface area (Å²) in [6.45, 7) is 7.23. The van der Waals surface area contributed by atoms with Gasteiger partial charge >= 0.3 is 0 Å². The van der Waals surface area contributed by atoms with E-state index in [4.69, 9.17) is 0 Å². The summed E-state index contributed by atoms with van der Waals surface area (Å²) in [4.78, 5) is 17.1. The van der Waals surface area contributed by atoms with Crippen molar-refractivity contribution < 1.29 is 4.79 Å². The molecule has 1 aliphatic rings. The molecule has 1 aromatic rings. The van der Waals surface area contributed by atoms with Gasteiger partial charge in [0, 0.05) is 6.54 Å². The Morgan fingerprint density at radius 1 is 1.43 bits per heavy atom. The van der Waals surface area contributed by atoms with Gasteiger partial charge in [-0.15, -0.1) is 36.2 Å². The Bertz CT molecular complexity index is 434. The van der Waals surface area contributed by atoms with Crippen molar-refractivity contribution in [3.63, 3.8) is 0 Å². The highest BCUT2D eigenvalue weighted by atomic mass is 35.5. The second-order valence-electron chi connectivity index (χ2n) is 5.61. The highest BCUT2D eigenvalue weighted by molar-refractivity contribution is 7.13. The molecule has 1 fully saturated rings. The van der Waals surface area contributed by atoms with Crippen LogP contribution in [-0.2, 0) is 6.42 Å². The van der Waals surface area contributed by atoms with Crippen LogP contribution in [0.4, 0.5) is 0 Å². The predicted octanol–water partition coefficient (Wildman–Crippen LogP) is 3.06. The quantitative estimate of drug-likeness (QED) is 0.855. The van der Waals surface area contributed by atoms with Gasteiger partial charge in [-0.1, -0.05) is 13.8 Å². The van der Waals surface area contributed by atoms with E-state index >= 15 is 0 Å². The van der Waals surface area contributed by atoms with Crippen LogP contribution in [0.25, 0.3) is 0 Å². The lowest BCUT2D eigenvalue weighted by atomic mass is 9.81. The fraction of sp³-hybridized carbons (Fsp3) is 0.714. The van der Waals surface area contributed by atoms with Gasteiger partial charge < -0.3 is 10.6 Å². The number of carbonyl (C=O) groups excluding carboxylic acids is 1. The number of hydrogen-bond donors (Lipinski definition) is 2. The lowest BCUT2D eigenvalue weighted by molar-refractivity contribution is 0.0926. The van der Waals surface area contributed by atoms with Crippen LogP contribution in [0, 0.1) is 5.41 Å². The molecule has 1 saturated heterocycles. The van der Waals surface area contributed by atoms with E-state index in [0.717, 1.165) is 55.2 Å². The van der Waals surface area contributed by atoms with Crippen LogP contribution >= 0.6 is 36.2 Å². The molecule has 122 valence electrons. The molecule has 1 aliphatic heterocycles. The molecule has 2 heterocycles. The number of halogens is 2. The first-order chi connectivity index (χ1) is 9.13. The summed E-state index contributed by atoms with van der Waals surface area (Å²) in [5.74, 6) is 0.0274. The molecular weight excluding hydrogens is 329 g/mol. The standard InChI is InChI=1S/C14H23N3OS.2ClH/c1-3-4-12-16-9-11(19-12)13(18)17-10-14(2)5-7-15-8-6-14;;/h9,15H,3-8,10H2,1-2H3,(H,17,18);2*1H. The van der Waals surface area contributed by atoms with E-state index in [2.05, 4.69) is 29.5 Å². The Hall–Kier alpha value is -0.360. The molecular formula is C14H25Cl2N3OS. The molecule has 4 nitrogen and oxygen atoms in total. The number of hydrogen-bond acceptors (Lipinski definition) is 4. The third-order valence-electron chi connectivity index (χ3n) is 3.73. The fourth-order valence-electron chi connectivity index (χ4n) is 2.33. The number of carbonyl (C=O) groups is 1. The molecule has 2 rings (SSSR count). The van der Waals surface area contributed by atoms with E-state index in [1.807, 2.05) is 0 Å². The molecule has 21 heavy (non-hydrogen) atoms. The highest BCUT2D eigenvalue weighted by Crippen LogP contribution is 2.27. The first kappa shape index (κ1) is 20.6. The van der Waals surface area contributed by atoms with Crippen LogP contribution in [0.1, 0.15) is 47.8 Å². The number of aryl methyl sites for hydroxylation is 1. The molecule has 0 aromatic carbocycles. The Kier molecular flexibility index (Phi) is 9.45. The van der Waals surface area contributed by atoms with Gasteiger partial charge in [-0.05, 0) is 44.2 Å². The molecule has 2 N–H and O–H groups in total. The second-order valence-corrected chi connectivity index (χ2v) is 6.73. The number of nitrogens with zero attached hydrogens (tertiary/aromatic N) is 1. The minimum Gasteiger partial charge on any atom is -0.351 e. The van der Waals surface area contributed by atoms with Crippen LogP contribution in [0.5, 0.6) is 0 Å². The summed E-state index contributed by atoms with van der Waals surface area (Å²) >= 11 is 1.52. The summed E-state index contributed by atoms with van der Waals surface area (Å²) in [6, 6.07) is 0. The van der Waals surface area contributed by atoms with Gasteiger partial charge in [0.25, 0.3) is 5.91 Å². The van der Waals surface area contributed by atoms with Gasteiger partial charge in [-0.3, -0.25) is 4.79 Å². The van der Waals surface area contributed by atoms with Gasteiger partial charge in [0.1, 0.15) is 4.88 Å². The summed E-state index contributed by atoms with van der Waals surface area (Å²) in [5.41, 5.74) is 0.234. The monoisotopic (exact) mass is 353 g/mol. The number of rotatable bonds is 5. The van der Waals surface area contributed by atoms with Crippen LogP contribution in [0.2, 0.25) is 0 Å². The van der Waals surface area contributed by atoms with Crippen molar-refractivity contribution in [3.8, 4) is 0 Å². The van der Waals surface area contributed by atoms with Crippen LogP contribution in [0.15, 0.2) is 6.20 Å². The maximum Gasteiger partial charge on any atom is 0.263 e. The molecule has 0 spiro atoms. The van der Waals surface area contributed by atoms with Gasteiger partial charge in [-0.25, -0.2) is 4.98 Å². The van der Waals surface area contributed by atoms with E-state index in [-0.39, 0.29) is 36.1 Å². The predicted molar refractivity (Wildman–Crippen MR) is 93.1 cm³/mol. The number of aromatic nitrogens is 1. The van der Waals surface area contributed by atoms with E-state index in [1.165, 1.54) is 11.3 Å². The molecule has 1 amide bonds. The molecule has 7 heteroatoms. The number of nitrogens with one attached hydrogen (secondary N) is 2. The molecule has 0 atom stereocenters. The normalized spacial score (nSPS) is 16.5. The zero-order valence-electron chi connectivity index (χ0n) is 12.6. The Balaban J connectivity index is 0.00000200. The Labute approximate surface area is 143 Å². The van der Waals surface area contributed by atoms with E-state index in [9.17, 15) is 4.79 Å². The SMILES string of the molecule is CCCc1ncc(C(=O)NCC2(C)CCNCC2)s1.Cl.Cl. The summed E-state index contributed by atoms with van der Waals surface area (Å²) in [7, 11) is 0. The van der Waals surface area contributed by atoms with Gasteiger partial charge in [0.05, 0.1) is 11.2 Å². The van der Waals surface area contributed by atoms with E-state index in [0.29, 0.717) is 0 Å². The smallest absolute Gasteiger partial charge is 0.263 e. The van der Waals surface area contributed by atoms with E-state index < -0.39 is 0 Å². The maximum atomic E-state index is 12.1. The highest BCUT2D eigenvalue weighted by Gasteiger charge is 2.27. The summed E-state index contributed by atoms with van der Waals surface area (Å²) in [6.07, 6.45) is 5.98. The number of thiazole rings is 1. The Morgan fingerprint density at radius 3 is 2.71 bits per heavy atom. The van der Waals surface area contributed by atoms with Gasteiger partial charge in [0.15, 0.2) is 0 Å². The van der Waals surface area contributed by atoms with Crippen molar-refractivity contribution in [2.75, 3.05) is 19.6 Å². The lowest BCUT2D eigenvalue weighted by Gasteiger charge is -2.34. The van der Waals surface area contributed by atoms with Crippen molar-refractivity contribution in [2.45, 2.75) is 39.5 Å². The molecule has 0 aliphatic carbocycles. The van der Waals surface area contributed by atoms with Gasteiger partial charge in [-0.2, -0.15) is 0 Å². The maximum absolute atomic E-state index is 12.1. The first-order valence-electron chi connectivity index (χ1n) is 7.06. The van der Waals surface area contributed by atoms with Crippen molar-refractivity contribution in [1.82, 2.24) is 15.6 Å². The zero-order chi connectivity index (χ0) is 13.7. The third kappa shape index (κ3) is 6.10. The zero-order valence-corrected chi connectivity index (χ0v) is 15.1. The molecule has 0 unspecified atom stereocenters. The van der Waals surface area contributed by atoms with Crippen molar-refractivity contribution >= 4 is 42.1 Å². The van der Waals surface area contributed by atoms with Crippen molar-refractivity contribution in [1.29, 1.82) is 0 Å². The van der Waals surface area contributed by atoms with Crippen molar-refractivity contribution in [3.05, 3.63) is 16.1 Å². The molecule has 1 aromatic heterocycles. The van der Waals surface area contributed by atoms with Gasteiger partial charge in [0.2, 0.25) is 0 Å². The van der Waals surface area contributed by atoms with Crippen LogP contribution < -0.4 is 10.6 Å². The molecule has 0 radical (unpaired) electrons. The topological polar surface area (TPSA) is 54.0 Å². The van der Waals surface area contributed by atoms with Crippen molar-refractivity contribution in [2.24, 2.45) is 5.41 Å². The van der Waals surface area contributed by atoms with Crippen LogP contribution in [0.3, 0.4) is 0 Å².